The van der Waals surface area contributed by atoms with Crippen LogP contribution in [0.5, 0.6) is 0 Å². The predicted octanol–water partition coefficient (Wildman–Crippen LogP) is 4.51. The summed E-state index contributed by atoms with van der Waals surface area (Å²) in [5.41, 5.74) is 3.12. The Kier molecular flexibility index (Phi) is 5.82. The van der Waals surface area contributed by atoms with Gasteiger partial charge >= 0.3 is 0 Å². The molecule has 0 N–H and O–H groups in total. The number of nitrogens with zero attached hydrogens (tertiary/aromatic N) is 3. The van der Waals surface area contributed by atoms with Crippen molar-refractivity contribution in [2.45, 2.75) is 31.1 Å². The van der Waals surface area contributed by atoms with Gasteiger partial charge in [-0.25, -0.2) is 8.42 Å². The fraction of sp³-hybridized carbons (Fsp3) is 0.385. The molecule has 1 fully saturated rings. The second-order valence-electron chi connectivity index (χ2n) is 8.78. The van der Waals surface area contributed by atoms with Crippen molar-refractivity contribution in [3.8, 4) is 0 Å². The van der Waals surface area contributed by atoms with Crippen molar-refractivity contribution in [1.82, 2.24) is 4.90 Å². The Hall–Kier alpha value is -2.57. The summed E-state index contributed by atoms with van der Waals surface area (Å²) in [6.07, 6.45) is 3.00. The molecule has 0 unspecified atom stereocenters. The molecule has 0 radical (unpaired) electrons. The first-order chi connectivity index (χ1) is 15.6. The second-order valence-corrected chi connectivity index (χ2v) is 10.6. The van der Waals surface area contributed by atoms with E-state index in [1.165, 1.54) is 6.42 Å². The van der Waals surface area contributed by atoms with Crippen LogP contribution in [0.4, 0.5) is 11.4 Å². The Morgan fingerprint density at radius 3 is 2.44 bits per heavy atom. The monoisotopic (exact) mass is 449 g/mol. The largest absolute Gasteiger partial charge is 0.370 e. The van der Waals surface area contributed by atoms with E-state index >= 15 is 0 Å². The van der Waals surface area contributed by atoms with Gasteiger partial charge in [-0.15, -0.1) is 0 Å². The maximum atomic E-state index is 13.4. The van der Waals surface area contributed by atoms with Crippen molar-refractivity contribution in [3.63, 3.8) is 0 Å². The first-order valence-corrected chi connectivity index (χ1v) is 13.1. The third-order valence-electron chi connectivity index (χ3n) is 6.71. The Morgan fingerprint density at radius 2 is 1.62 bits per heavy atom. The molecule has 0 aromatic heterocycles. The molecule has 168 valence electrons. The van der Waals surface area contributed by atoms with Crippen LogP contribution in [-0.2, 0) is 16.4 Å². The average Bonchev–Trinajstić information content (AvgIpc) is 2.94. The van der Waals surface area contributed by atoms with Crippen LogP contribution in [-0.4, -0.2) is 52.6 Å². The van der Waals surface area contributed by atoms with Crippen LogP contribution in [0.2, 0.25) is 0 Å². The molecule has 0 atom stereocenters. The maximum absolute atomic E-state index is 13.4. The Bertz CT molecular complexity index is 1210. The van der Waals surface area contributed by atoms with E-state index in [2.05, 4.69) is 41.0 Å². The fourth-order valence-electron chi connectivity index (χ4n) is 5.15. The minimum absolute atomic E-state index is 0.447. The standard InChI is InChI=1S/C26H31N3O2S/c1-2-15-27-16-7-17-28(20-19-27)23-12-13-24-26-22(23)10-6-11-25(26)32(30,31)29(24)18-14-21-8-4-3-5-9-21/h3-6,8-13H,2,7,14-20H2,1H3. The first kappa shape index (κ1) is 21.3. The van der Waals surface area contributed by atoms with Crippen LogP contribution in [0.25, 0.3) is 10.8 Å². The van der Waals surface area contributed by atoms with E-state index in [9.17, 15) is 8.42 Å². The molecule has 0 aliphatic carbocycles. The van der Waals surface area contributed by atoms with Crippen molar-refractivity contribution in [3.05, 3.63) is 66.2 Å². The third kappa shape index (κ3) is 3.76. The molecule has 1 saturated heterocycles. The van der Waals surface area contributed by atoms with Gasteiger partial charge in [0.2, 0.25) is 0 Å². The first-order valence-electron chi connectivity index (χ1n) is 11.7. The lowest BCUT2D eigenvalue weighted by atomic mass is 10.0. The summed E-state index contributed by atoms with van der Waals surface area (Å²) in [5, 5.41) is 1.93. The van der Waals surface area contributed by atoms with Gasteiger partial charge in [-0.05, 0) is 56.1 Å². The van der Waals surface area contributed by atoms with E-state index < -0.39 is 10.0 Å². The number of anilines is 2. The number of rotatable bonds is 6. The molecule has 3 aromatic carbocycles. The minimum atomic E-state index is -3.53. The molecule has 0 saturated carbocycles. The van der Waals surface area contributed by atoms with Crippen molar-refractivity contribution in [1.29, 1.82) is 0 Å². The molecule has 2 aliphatic heterocycles. The average molecular weight is 450 g/mol. The van der Waals surface area contributed by atoms with Crippen molar-refractivity contribution in [2.24, 2.45) is 0 Å². The van der Waals surface area contributed by atoms with Gasteiger partial charge in [0.1, 0.15) is 0 Å². The Morgan fingerprint density at radius 1 is 0.812 bits per heavy atom. The number of hydrogen-bond donors (Lipinski definition) is 0. The molecule has 0 bridgehead atoms. The lowest BCUT2D eigenvalue weighted by Crippen LogP contribution is -2.31. The molecule has 32 heavy (non-hydrogen) atoms. The van der Waals surface area contributed by atoms with Crippen molar-refractivity contribution in [2.75, 3.05) is 48.5 Å². The van der Waals surface area contributed by atoms with Gasteiger partial charge in [0, 0.05) is 42.6 Å². The summed E-state index contributed by atoms with van der Waals surface area (Å²) in [6.45, 7) is 7.99. The van der Waals surface area contributed by atoms with Gasteiger partial charge in [0.15, 0.2) is 0 Å². The molecule has 2 heterocycles. The zero-order valence-corrected chi connectivity index (χ0v) is 19.5. The van der Waals surface area contributed by atoms with E-state index in [1.54, 1.807) is 10.4 Å². The highest BCUT2D eigenvalue weighted by Gasteiger charge is 2.36. The normalized spacial score (nSPS) is 18.3. The zero-order chi connectivity index (χ0) is 22.1. The number of sulfonamides is 1. The van der Waals surface area contributed by atoms with Crippen molar-refractivity contribution < 1.29 is 8.42 Å². The van der Waals surface area contributed by atoms with Gasteiger partial charge in [-0.2, -0.15) is 0 Å². The molecular formula is C26H31N3O2S. The smallest absolute Gasteiger partial charge is 0.265 e. The maximum Gasteiger partial charge on any atom is 0.265 e. The quantitative estimate of drug-likeness (QED) is 0.555. The SMILES string of the molecule is CCCN1CCCN(c2ccc3c4c(cccc24)S(=O)(=O)N3CCc2ccccc2)CC1. The van der Waals surface area contributed by atoms with Crippen LogP contribution >= 0.6 is 0 Å². The van der Waals surface area contributed by atoms with Crippen LogP contribution in [0, 0.1) is 0 Å². The Labute approximate surface area is 191 Å². The molecule has 3 aromatic rings. The van der Waals surface area contributed by atoms with Gasteiger partial charge in [-0.3, -0.25) is 4.31 Å². The summed E-state index contributed by atoms with van der Waals surface area (Å²) >= 11 is 0. The van der Waals surface area contributed by atoms with Crippen LogP contribution in [0.1, 0.15) is 25.3 Å². The summed E-state index contributed by atoms with van der Waals surface area (Å²) in [4.78, 5) is 5.43. The lowest BCUT2D eigenvalue weighted by molar-refractivity contribution is 0.294. The molecule has 0 amide bonds. The molecule has 2 aliphatic rings. The van der Waals surface area contributed by atoms with E-state index in [0.29, 0.717) is 17.9 Å². The highest BCUT2D eigenvalue weighted by Crippen LogP contribution is 2.45. The summed E-state index contributed by atoms with van der Waals surface area (Å²) in [7, 11) is -3.53. The minimum Gasteiger partial charge on any atom is -0.370 e. The Balaban J connectivity index is 1.49. The lowest BCUT2D eigenvalue weighted by Gasteiger charge is -2.25. The fourth-order valence-corrected chi connectivity index (χ4v) is 6.86. The van der Waals surface area contributed by atoms with E-state index in [-0.39, 0.29) is 0 Å². The number of hydrogen-bond acceptors (Lipinski definition) is 4. The molecule has 5 nitrogen and oxygen atoms in total. The van der Waals surface area contributed by atoms with Crippen LogP contribution in [0.15, 0.2) is 65.6 Å². The summed E-state index contributed by atoms with van der Waals surface area (Å²) in [6, 6.07) is 20.0. The highest BCUT2D eigenvalue weighted by molar-refractivity contribution is 7.93. The molecular weight excluding hydrogens is 418 g/mol. The van der Waals surface area contributed by atoms with Gasteiger partial charge in [0.25, 0.3) is 10.0 Å². The predicted molar refractivity (Wildman–Crippen MR) is 132 cm³/mol. The van der Waals surface area contributed by atoms with Gasteiger partial charge in [0.05, 0.1) is 10.6 Å². The number of benzene rings is 3. The third-order valence-corrected chi connectivity index (χ3v) is 8.57. The molecule has 0 spiro atoms. The van der Waals surface area contributed by atoms with E-state index in [1.807, 2.05) is 30.3 Å². The van der Waals surface area contributed by atoms with E-state index in [4.69, 9.17) is 0 Å². The van der Waals surface area contributed by atoms with Crippen LogP contribution < -0.4 is 9.21 Å². The van der Waals surface area contributed by atoms with Gasteiger partial charge in [-0.1, -0.05) is 49.4 Å². The van der Waals surface area contributed by atoms with E-state index in [0.717, 1.165) is 66.9 Å². The topological polar surface area (TPSA) is 43.9 Å². The zero-order valence-electron chi connectivity index (χ0n) is 18.7. The molecule has 5 rings (SSSR count). The second kappa shape index (κ2) is 8.75. The van der Waals surface area contributed by atoms with Gasteiger partial charge < -0.3 is 9.80 Å². The highest BCUT2D eigenvalue weighted by atomic mass is 32.2. The molecule has 6 heteroatoms. The summed E-state index contributed by atoms with van der Waals surface area (Å²) in [5.74, 6) is 0. The summed E-state index contributed by atoms with van der Waals surface area (Å²) < 4.78 is 28.5. The van der Waals surface area contributed by atoms with Crippen molar-refractivity contribution >= 4 is 32.2 Å². The van der Waals surface area contributed by atoms with Crippen LogP contribution in [0.3, 0.4) is 0 Å².